The molecule has 1 aliphatic heterocycles. The number of amides is 1. The fourth-order valence-corrected chi connectivity index (χ4v) is 4.83. The largest absolute Gasteiger partial charge is 0.481 e. The van der Waals surface area contributed by atoms with Gasteiger partial charge in [-0.15, -0.1) is 0 Å². The lowest BCUT2D eigenvalue weighted by atomic mass is 9.89. The number of carboxylic acid groups (broad SMARTS) is 1. The van der Waals surface area contributed by atoms with Crippen LogP contribution in [0.4, 0.5) is 5.69 Å². The summed E-state index contributed by atoms with van der Waals surface area (Å²) in [6, 6.07) is 4.74. The van der Waals surface area contributed by atoms with E-state index in [0.717, 1.165) is 25.7 Å². The molecule has 1 fully saturated rings. The molecule has 0 atom stereocenters. The Morgan fingerprint density at radius 1 is 1.15 bits per heavy atom. The average molecular weight is 397 g/mol. The van der Waals surface area contributed by atoms with Gasteiger partial charge in [0.1, 0.15) is 0 Å². The summed E-state index contributed by atoms with van der Waals surface area (Å²) in [5.41, 5.74) is -0.237. The zero-order valence-corrected chi connectivity index (χ0v) is 16.9. The Hall–Kier alpha value is -1.93. The van der Waals surface area contributed by atoms with E-state index in [1.54, 1.807) is 19.1 Å². The highest BCUT2D eigenvalue weighted by molar-refractivity contribution is 7.89. The number of nitrogens with zero attached hydrogens (tertiary/aromatic N) is 1. The van der Waals surface area contributed by atoms with Crippen molar-refractivity contribution >= 4 is 27.6 Å². The van der Waals surface area contributed by atoms with Crippen molar-refractivity contribution in [3.63, 3.8) is 0 Å². The zero-order valence-electron chi connectivity index (χ0n) is 16.1. The number of anilines is 1. The van der Waals surface area contributed by atoms with E-state index in [1.165, 1.54) is 24.2 Å². The minimum absolute atomic E-state index is 0.180. The highest BCUT2D eigenvalue weighted by atomic mass is 32.2. The number of benzene rings is 1. The molecule has 1 amide bonds. The topological polar surface area (TPSA) is 104 Å². The monoisotopic (exact) mass is 396 g/mol. The second-order valence-corrected chi connectivity index (χ2v) is 9.62. The standard InChI is InChI=1S/C19H28N2O5S/c1-14-8-9-15(20-17(22)13-19(2,3)18(23)24)12-16(14)27(25,26)21-10-6-4-5-7-11-21/h8-9,12H,4-7,10-11,13H2,1-3H3,(H,20,22)(H,23,24). The van der Waals surface area contributed by atoms with Crippen LogP contribution >= 0.6 is 0 Å². The Bertz CT molecular complexity index is 809. The van der Waals surface area contributed by atoms with Crippen LogP contribution in [0.25, 0.3) is 0 Å². The van der Waals surface area contributed by atoms with E-state index < -0.39 is 27.3 Å². The fraction of sp³-hybridized carbons (Fsp3) is 0.579. The van der Waals surface area contributed by atoms with Gasteiger partial charge < -0.3 is 10.4 Å². The molecule has 7 nitrogen and oxygen atoms in total. The Kier molecular flexibility index (Phi) is 6.64. The van der Waals surface area contributed by atoms with Gasteiger partial charge in [-0.05, 0) is 51.3 Å². The predicted octanol–water partition coefficient (Wildman–Crippen LogP) is 3.00. The van der Waals surface area contributed by atoms with Crippen molar-refractivity contribution in [2.45, 2.75) is 57.8 Å². The molecule has 0 spiro atoms. The van der Waals surface area contributed by atoms with E-state index in [4.69, 9.17) is 5.11 Å². The number of carbonyl (C=O) groups is 2. The molecule has 0 aromatic heterocycles. The quantitative estimate of drug-likeness (QED) is 0.769. The van der Waals surface area contributed by atoms with Crippen molar-refractivity contribution in [3.8, 4) is 0 Å². The molecule has 0 radical (unpaired) electrons. The smallest absolute Gasteiger partial charge is 0.309 e. The Labute approximate surface area is 160 Å². The number of carboxylic acids is 1. The number of hydrogen-bond acceptors (Lipinski definition) is 4. The van der Waals surface area contributed by atoms with Gasteiger partial charge in [0.15, 0.2) is 0 Å². The van der Waals surface area contributed by atoms with Gasteiger partial charge in [0.25, 0.3) is 0 Å². The van der Waals surface area contributed by atoms with E-state index in [1.807, 2.05) is 0 Å². The molecular formula is C19H28N2O5S. The fourth-order valence-electron chi connectivity index (χ4n) is 3.06. The number of aryl methyl sites for hydroxylation is 1. The van der Waals surface area contributed by atoms with E-state index in [2.05, 4.69) is 5.32 Å². The maximum atomic E-state index is 13.1. The van der Waals surface area contributed by atoms with Gasteiger partial charge in [-0.3, -0.25) is 9.59 Å². The van der Waals surface area contributed by atoms with Crippen LogP contribution in [0.5, 0.6) is 0 Å². The molecule has 0 saturated carbocycles. The molecule has 0 unspecified atom stereocenters. The Morgan fingerprint density at radius 2 is 1.74 bits per heavy atom. The van der Waals surface area contributed by atoms with Crippen molar-refractivity contribution in [2.75, 3.05) is 18.4 Å². The highest BCUT2D eigenvalue weighted by Gasteiger charge is 2.31. The molecule has 2 N–H and O–H groups in total. The lowest BCUT2D eigenvalue weighted by Gasteiger charge is -2.22. The second kappa shape index (κ2) is 8.39. The van der Waals surface area contributed by atoms with Gasteiger partial charge in [0, 0.05) is 25.2 Å². The molecule has 1 heterocycles. The summed E-state index contributed by atoms with van der Waals surface area (Å²) < 4.78 is 27.6. The highest BCUT2D eigenvalue weighted by Crippen LogP contribution is 2.27. The predicted molar refractivity (Wildman–Crippen MR) is 103 cm³/mol. The van der Waals surface area contributed by atoms with Gasteiger partial charge in [0.05, 0.1) is 10.3 Å². The van der Waals surface area contributed by atoms with E-state index in [0.29, 0.717) is 24.3 Å². The number of aliphatic carboxylic acids is 1. The summed E-state index contributed by atoms with van der Waals surface area (Å²) >= 11 is 0. The number of nitrogens with one attached hydrogen (secondary N) is 1. The SMILES string of the molecule is Cc1ccc(NC(=O)CC(C)(C)C(=O)O)cc1S(=O)(=O)N1CCCCCC1. The van der Waals surface area contributed by atoms with Gasteiger partial charge in [-0.1, -0.05) is 18.9 Å². The number of carbonyl (C=O) groups excluding carboxylic acids is 1. The third kappa shape index (κ3) is 5.29. The summed E-state index contributed by atoms with van der Waals surface area (Å²) in [7, 11) is -3.63. The van der Waals surface area contributed by atoms with Crippen molar-refractivity contribution in [3.05, 3.63) is 23.8 Å². The van der Waals surface area contributed by atoms with Crippen LogP contribution in [0.2, 0.25) is 0 Å². The molecule has 1 aromatic rings. The minimum Gasteiger partial charge on any atom is -0.481 e. The summed E-state index contributed by atoms with van der Waals surface area (Å²) in [5.74, 6) is -1.53. The maximum absolute atomic E-state index is 13.1. The molecule has 1 saturated heterocycles. The van der Waals surface area contributed by atoms with Crippen molar-refractivity contribution in [2.24, 2.45) is 5.41 Å². The summed E-state index contributed by atoms with van der Waals surface area (Å²) in [6.45, 7) is 5.68. The number of hydrogen-bond donors (Lipinski definition) is 2. The first-order valence-electron chi connectivity index (χ1n) is 9.18. The third-order valence-corrected chi connectivity index (χ3v) is 6.88. The normalized spacial score (nSPS) is 16.6. The van der Waals surface area contributed by atoms with Crippen molar-refractivity contribution in [1.82, 2.24) is 4.31 Å². The first-order valence-corrected chi connectivity index (χ1v) is 10.6. The molecular weight excluding hydrogens is 368 g/mol. The molecule has 1 aliphatic rings. The van der Waals surface area contributed by atoms with Gasteiger partial charge in [0.2, 0.25) is 15.9 Å². The first kappa shape index (κ1) is 21.4. The number of rotatable bonds is 6. The zero-order chi connectivity index (χ0) is 20.2. The van der Waals surface area contributed by atoms with Crippen LogP contribution in [-0.4, -0.2) is 42.8 Å². The van der Waals surface area contributed by atoms with Crippen LogP contribution in [0.1, 0.15) is 51.5 Å². The summed E-state index contributed by atoms with van der Waals surface area (Å²) in [4.78, 5) is 23.5. The second-order valence-electron chi connectivity index (χ2n) is 7.71. The molecule has 8 heteroatoms. The van der Waals surface area contributed by atoms with Crippen LogP contribution in [0, 0.1) is 12.3 Å². The number of sulfonamides is 1. The first-order chi connectivity index (χ1) is 12.5. The lowest BCUT2D eigenvalue weighted by molar-refractivity contribution is -0.148. The minimum atomic E-state index is -3.63. The molecule has 0 aliphatic carbocycles. The molecule has 150 valence electrons. The van der Waals surface area contributed by atoms with Crippen LogP contribution in [0.15, 0.2) is 23.1 Å². The van der Waals surface area contributed by atoms with Crippen molar-refractivity contribution < 1.29 is 23.1 Å². The molecule has 1 aromatic carbocycles. The van der Waals surface area contributed by atoms with Crippen molar-refractivity contribution in [1.29, 1.82) is 0 Å². The maximum Gasteiger partial charge on any atom is 0.309 e. The molecule has 0 bridgehead atoms. The average Bonchev–Trinajstić information content (AvgIpc) is 2.85. The van der Waals surface area contributed by atoms with E-state index >= 15 is 0 Å². The third-order valence-electron chi connectivity index (χ3n) is 4.84. The Balaban J connectivity index is 2.22. The summed E-state index contributed by atoms with van der Waals surface area (Å²) in [5, 5.41) is 11.8. The van der Waals surface area contributed by atoms with Gasteiger partial charge in [-0.25, -0.2) is 8.42 Å². The molecule has 2 rings (SSSR count). The molecule has 27 heavy (non-hydrogen) atoms. The Morgan fingerprint density at radius 3 is 2.30 bits per heavy atom. The van der Waals surface area contributed by atoms with E-state index in [9.17, 15) is 18.0 Å². The van der Waals surface area contributed by atoms with Gasteiger partial charge in [-0.2, -0.15) is 4.31 Å². The van der Waals surface area contributed by atoms with Crippen LogP contribution < -0.4 is 5.32 Å². The van der Waals surface area contributed by atoms with E-state index in [-0.39, 0.29) is 11.3 Å². The van der Waals surface area contributed by atoms with Gasteiger partial charge >= 0.3 is 5.97 Å². The van der Waals surface area contributed by atoms with Crippen LogP contribution in [-0.2, 0) is 19.6 Å². The summed E-state index contributed by atoms with van der Waals surface area (Å²) in [6.07, 6.45) is 3.54. The lowest BCUT2D eigenvalue weighted by Crippen LogP contribution is -2.32. The van der Waals surface area contributed by atoms with Crippen LogP contribution in [0.3, 0.4) is 0 Å².